The van der Waals surface area contributed by atoms with Crippen molar-refractivity contribution >= 4 is 39.8 Å². The fourth-order valence-electron chi connectivity index (χ4n) is 2.78. The quantitative estimate of drug-likeness (QED) is 0.204. The Balaban J connectivity index is 0.00000450. The van der Waals surface area contributed by atoms with Crippen LogP contribution in [0.5, 0.6) is 0 Å². The van der Waals surface area contributed by atoms with Crippen LogP contribution < -0.4 is 10.6 Å². The first kappa shape index (κ1) is 26.4. The van der Waals surface area contributed by atoms with Gasteiger partial charge in [-0.15, -0.1) is 24.0 Å². The number of guanidine groups is 1. The first-order valence-corrected chi connectivity index (χ1v) is 11.8. The molecule has 1 aromatic heterocycles. The second-order valence-corrected chi connectivity index (χ2v) is 9.09. The molecule has 0 fully saturated rings. The third kappa shape index (κ3) is 9.00. The molecule has 0 atom stereocenters. The summed E-state index contributed by atoms with van der Waals surface area (Å²) in [5, 5.41) is 11.0. The van der Waals surface area contributed by atoms with Gasteiger partial charge in [0.2, 0.25) is 0 Å². The molecule has 2 rings (SSSR count). The van der Waals surface area contributed by atoms with Gasteiger partial charge in [-0.2, -0.15) is 5.10 Å². The molecule has 0 saturated heterocycles. The third-order valence-electron chi connectivity index (χ3n) is 4.12. The van der Waals surface area contributed by atoms with Crippen molar-refractivity contribution in [3.8, 4) is 5.69 Å². The number of sulfone groups is 1. The normalized spacial score (nSPS) is 11.8. The summed E-state index contributed by atoms with van der Waals surface area (Å²) >= 11 is 0. The first-order valence-electron chi connectivity index (χ1n) is 9.69. The molecule has 0 saturated carbocycles. The summed E-state index contributed by atoms with van der Waals surface area (Å²) in [6.07, 6.45) is 1.20. The number of aromatic nitrogens is 2. The van der Waals surface area contributed by atoms with E-state index < -0.39 is 9.84 Å². The van der Waals surface area contributed by atoms with E-state index in [1.165, 1.54) is 6.26 Å². The van der Waals surface area contributed by atoms with Gasteiger partial charge in [-0.3, -0.25) is 0 Å². The molecular weight excluding hydrogens is 517 g/mol. The summed E-state index contributed by atoms with van der Waals surface area (Å²) in [5.74, 6) is 0.715. The molecule has 0 aliphatic rings. The lowest BCUT2D eigenvalue weighted by molar-refractivity contribution is 0.154. The van der Waals surface area contributed by atoms with Crippen molar-refractivity contribution in [2.24, 2.45) is 4.99 Å². The second kappa shape index (κ2) is 12.9. The van der Waals surface area contributed by atoms with Crippen LogP contribution >= 0.6 is 24.0 Å². The van der Waals surface area contributed by atoms with Crippen LogP contribution in [0.3, 0.4) is 0 Å². The molecule has 1 aromatic carbocycles. The van der Waals surface area contributed by atoms with E-state index in [9.17, 15) is 8.42 Å². The molecule has 0 bridgehead atoms. The number of rotatable bonds is 10. The maximum absolute atomic E-state index is 11.1. The topological polar surface area (TPSA) is 97.6 Å². The average molecular weight is 549 g/mol. The van der Waals surface area contributed by atoms with Gasteiger partial charge in [-0.05, 0) is 38.5 Å². The standard InChI is InChI=1S/C20H31N5O3S.HI/c1-5-21-20(22-10-11-28-12-13-29(4,26)27)23-15-18-8-6-7-9-19(18)25-17(3)14-16(2)24-25;/h6-9,14H,5,10-13,15H2,1-4H3,(H2,21,22,23);1H. The number of nitrogens with one attached hydrogen (secondary N) is 2. The minimum Gasteiger partial charge on any atom is -0.379 e. The summed E-state index contributed by atoms with van der Waals surface area (Å²) in [6, 6.07) is 10.1. The first-order chi connectivity index (χ1) is 13.8. The number of halogens is 1. The van der Waals surface area contributed by atoms with Crippen molar-refractivity contribution in [2.45, 2.75) is 27.3 Å². The third-order valence-corrected chi connectivity index (χ3v) is 5.03. The molecule has 2 N–H and O–H groups in total. The van der Waals surface area contributed by atoms with Crippen LogP contribution in [0.25, 0.3) is 5.69 Å². The molecule has 0 aliphatic carbocycles. The molecule has 0 aliphatic heterocycles. The Morgan fingerprint density at radius 2 is 1.93 bits per heavy atom. The lowest BCUT2D eigenvalue weighted by atomic mass is 10.2. The zero-order valence-electron chi connectivity index (χ0n) is 18.0. The predicted octanol–water partition coefficient (Wildman–Crippen LogP) is 2.22. The van der Waals surface area contributed by atoms with Crippen molar-refractivity contribution in [2.75, 3.05) is 38.3 Å². The van der Waals surface area contributed by atoms with E-state index in [0.717, 1.165) is 29.2 Å². The Morgan fingerprint density at radius 3 is 2.57 bits per heavy atom. The molecule has 2 aromatic rings. The summed E-state index contributed by atoms with van der Waals surface area (Å²) < 4.78 is 29.5. The fourth-order valence-corrected chi connectivity index (χ4v) is 3.20. The number of nitrogens with zero attached hydrogens (tertiary/aromatic N) is 3. The minimum absolute atomic E-state index is 0. The highest BCUT2D eigenvalue weighted by molar-refractivity contribution is 14.0. The number of ether oxygens (including phenoxy) is 1. The minimum atomic E-state index is -2.99. The van der Waals surface area contributed by atoms with Crippen molar-refractivity contribution < 1.29 is 13.2 Å². The Labute approximate surface area is 196 Å². The Hall–Kier alpha value is -1.66. The Bertz CT molecular complexity index is 928. The van der Waals surface area contributed by atoms with Crippen molar-refractivity contribution in [3.05, 3.63) is 47.3 Å². The van der Waals surface area contributed by atoms with Gasteiger partial charge < -0.3 is 15.4 Å². The molecule has 0 unspecified atom stereocenters. The molecular formula is C20H32IN5O3S. The SMILES string of the molecule is CCNC(=NCc1ccccc1-n1nc(C)cc1C)NCCOCCS(C)(=O)=O.I. The second-order valence-electron chi connectivity index (χ2n) is 6.83. The number of hydrogen-bond acceptors (Lipinski definition) is 5. The largest absolute Gasteiger partial charge is 0.379 e. The van der Waals surface area contributed by atoms with Gasteiger partial charge in [0, 0.05) is 25.0 Å². The lowest BCUT2D eigenvalue weighted by Crippen LogP contribution is -2.39. The van der Waals surface area contributed by atoms with Gasteiger partial charge in [0.25, 0.3) is 0 Å². The molecule has 8 nitrogen and oxygen atoms in total. The number of para-hydroxylation sites is 1. The summed E-state index contributed by atoms with van der Waals surface area (Å²) in [6.45, 7) is 8.40. The molecule has 168 valence electrons. The van der Waals surface area contributed by atoms with Crippen molar-refractivity contribution in [1.29, 1.82) is 0 Å². The molecule has 1 heterocycles. The van der Waals surface area contributed by atoms with Gasteiger partial charge in [0.05, 0.1) is 36.9 Å². The van der Waals surface area contributed by atoms with E-state index in [1.54, 1.807) is 0 Å². The molecule has 0 radical (unpaired) electrons. The van der Waals surface area contributed by atoms with Crippen LogP contribution in [0.1, 0.15) is 23.9 Å². The molecule has 30 heavy (non-hydrogen) atoms. The van der Waals surface area contributed by atoms with Crippen LogP contribution in [-0.4, -0.2) is 62.5 Å². The predicted molar refractivity (Wildman–Crippen MR) is 132 cm³/mol. The van der Waals surface area contributed by atoms with E-state index in [2.05, 4.69) is 26.8 Å². The van der Waals surface area contributed by atoms with E-state index in [0.29, 0.717) is 25.7 Å². The van der Waals surface area contributed by atoms with Gasteiger partial charge in [0.1, 0.15) is 9.84 Å². The monoisotopic (exact) mass is 549 g/mol. The smallest absolute Gasteiger partial charge is 0.191 e. The highest BCUT2D eigenvalue weighted by Gasteiger charge is 2.09. The maximum Gasteiger partial charge on any atom is 0.191 e. The van der Waals surface area contributed by atoms with Crippen LogP contribution in [-0.2, 0) is 21.1 Å². The summed E-state index contributed by atoms with van der Waals surface area (Å²) in [7, 11) is -2.99. The summed E-state index contributed by atoms with van der Waals surface area (Å²) in [4.78, 5) is 4.67. The van der Waals surface area contributed by atoms with Gasteiger partial charge in [-0.1, -0.05) is 18.2 Å². The van der Waals surface area contributed by atoms with Crippen LogP contribution in [0.15, 0.2) is 35.3 Å². The highest BCUT2D eigenvalue weighted by atomic mass is 127. The van der Waals surface area contributed by atoms with Crippen LogP contribution in [0.4, 0.5) is 0 Å². The number of benzene rings is 1. The lowest BCUT2D eigenvalue weighted by Gasteiger charge is -2.13. The van der Waals surface area contributed by atoms with E-state index in [4.69, 9.17) is 4.74 Å². The van der Waals surface area contributed by atoms with Gasteiger partial charge in [-0.25, -0.2) is 18.1 Å². The van der Waals surface area contributed by atoms with Crippen molar-refractivity contribution in [1.82, 2.24) is 20.4 Å². The Kier molecular flexibility index (Phi) is 11.3. The van der Waals surface area contributed by atoms with Gasteiger partial charge in [0.15, 0.2) is 5.96 Å². The highest BCUT2D eigenvalue weighted by Crippen LogP contribution is 2.17. The van der Waals surface area contributed by atoms with E-state index in [1.807, 2.05) is 49.7 Å². The zero-order chi connectivity index (χ0) is 21.3. The molecule has 10 heteroatoms. The maximum atomic E-state index is 11.1. The van der Waals surface area contributed by atoms with E-state index in [-0.39, 0.29) is 36.3 Å². The van der Waals surface area contributed by atoms with Crippen molar-refractivity contribution in [3.63, 3.8) is 0 Å². The number of hydrogen-bond donors (Lipinski definition) is 2. The summed E-state index contributed by atoms with van der Waals surface area (Å²) in [5.41, 5.74) is 4.14. The number of aryl methyl sites for hydroxylation is 2. The molecule has 0 amide bonds. The zero-order valence-corrected chi connectivity index (χ0v) is 21.2. The van der Waals surface area contributed by atoms with E-state index >= 15 is 0 Å². The average Bonchev–Trinajstić information content (AvgIpc) is 2.99. The van der Waals surface area contributed by atoms with Crippen LogP contribution in [0.2, 0.25) is 0 Å². The Morgan fingerprint density at radius 1 is 1.20 bits per heavy atom. The van der Waals surface area contributed by atoms with Gasteiger partial charge >= 0.3 is 0 Å². The number of aliphatic imine (C=N–C) groups is 1. The van der Waals surface area contributed by atoms with Crippen LogP contribution in [0, 0.1) is 13.8 Å². The molecule has 0 spiro atoms. The fraction of sp³-hybridized carbons (Fsp3) is 0.500.